The van der Waals surface area contributed by atoms with Crippen molar-refractivity contribution >= 4 is 22.9 Å². The number of hydrogen-bond donors (Lipinski definition) is 1. The van der Waals surface area contributed by atoms with E-state index in [1.165, 1.54) is 10.5 Å². The summed E-state index contributed by atoms with van der Waals surface area (Å²) in [5.74, 6) is 0. The van der Waals surface area contributed by atoms with Gasteiger partial charge in [0.2, 0.25) is 0 Å². The summed E-state index contributed by atoms with van der Waals surface area (Å²) >= 11 is 7.48. The Kier molecular flexibility index (Phi) is 3.26. The molecule has 14 heavy (non-hydrogen) atoms. The maximum Gasteiger partial charge on any atom is 0.0931 e. The van der Waals surface area contributed by atoms with Crippen LogP contribution in [0.25, 0.3) is 0 Å². The molecule has 1 aliphatic carbocycles. The van der Waals surface area contributed by atoms with E-state index >= 15 is 0 Å². The third-order valence-corrected chi connectivity index (χ3v) is 3.69. The third-order valence-electron chi connectivity index (χ3n) is 2.46. The number of allylic oxidation sites excluding steroid dienone is 1. The summed E-state index contributed by atoms with van der Waals surface area (Å²) in [7, 11) is 0. The lowest BCUT2D eigenvalue weighted by Crippen LogP contribution is -2.09. The zero-order valence-electron chi connectivity index (χ0n) is 7.87. The molecule has 1 unspecified atom stereocenters. The van der Waals surface area contributed by atoms with Gasteiger partial charge < -0.3 is 5.11 Å². The first-order valence-corrected chi connectivity index (χ1v) is 6.05. The lowest BCUT2D eigenvalue weighted by atomic mass is 9.95. The number of aliphatic hydroxyl groups excluding tert-OH is 1. The maximum atomic E-state index is 9.46. The van der Waals surface area contributed by atoms with Crippen LogP contribution in [0.2, 0.25) is 4.34 Å². The molecular formula is C11H13ClOS. The summed E-state index contributed by atoms with van der Waals surface area (Å²) in [4.78, 5) is 1.29. The molecule has 0 saturated carbocycles. The van der Waals surface area contributed by atoms with Crippen LogP contribution in [0.1, 0.15) is 24.1 Å². The van der Waals surface area contributed by atoms with Crippen LogP contribution in [-0.2, 0) is 6.42 Å². The van der Waals surface area contributed by atoms with E-state index in [4.69, 9.17) is 11.6 Å². The summed E-state index contributed by atoms with van der Waals surface area (Å²) in [6, 6.07) is 4.00. The molecule has 2 rings (SSSR count). The van der Waals surface area contributed by atoms with Gasteiger partial charge in [-0.25, -0.2) is 0 Å². The zero-order valence-corrected chi connectivity index (χ0v) is 9.44. The predicted molar refractivity (Wildman–Crippen MR) is 61.0 cm³/mol. The normalized spacial score (nSPS) is 22.1. The first kappa shape index (κ1) is 10.2. The number of thiophene rings is 1. The minimum absolute atomic E-state index is 0.228. The van der Waals surface area contributed by atoms with Gasteiger partial charge in [0.05, 0.1) is 10.4 Å². The lowest BCUT2D eigenvalue weighted by molar-refractivity contribution is 0.202. The van der Waals surface area contributed by atoms with E-state index in [-0.39, 0.29) is 6.10 Å². The van der Waals surface area contributed by atoms with Gasteiger partial charge in [0.15, 0.2) is 0 Å². The van der Waals surface area contributed by atoms with Crippen molar-refractivity contribution in [3.63, 3.8) is 0 Å². The topological polar surface area (TPSA) is 20.2 Å². The fourth-order valence-corrected chi connectivity index (χ4v) is 2.94. The summed E-state index contributed by atoms with van der Waals surface area (Å²) in [5, 5.41) is 9.46. The molecule has 0 aromatic carbocycles. The quantitative estimate of drug-likeness (QED) is 0.770. The highest BCUT2D eigenvalue weighted by Gasteiger charge is 2.11. The van der Waals surface area contributed by atoms with Gasteiger partial charge in [-0.05, 0) is 31.4 Å². The molecule has 1 aromatic rings. The van der Waals surface area contributed by atoms with Gasteiger partial charge in [0.25, 0.3) is 0 Å². The summed E-state index contributed by atoms with van der Waals surface area (Å²) in [5.41, 5.74) is 1.35. The van der Waals surface area contributed by atoms with Crippen molar-refractivity contribution in [2.75, 3.05) is 0 Å². The van der Waals surface area contributed by atoms with Crippen LogP contribution in [0.5, 0.6) is 0 Å². The van der Waals surface area contributed by atoms with Crippen LogP contribution in [-0.4, -0.2) is 11.2 Å². The molecule has 0 bridgehead atoms. The zero-order chi connectivity index (χ0) is 9.97. The summed E-state index contributed by atoms with van der Waals surface area (Å²) in [6.07, 6.45) is 5.85. The van der Waals surface area contributed by atoms with Crippen molar-refractivity contribution < 1.29 is 5.11 Å². The summed E-state index contributed by atoms with van der Waals surface area (Å²) in [6.45, 7) is 0. The molecule has 76 valence electrons. The van der Waals surface area contributed by atoms with Crippen molar-refractivity contribution in [2.45, 2.75) is 31.8 Å². The van der Waals surface area contributed by atoms with Gasteiger partial charge in [-0.15, -0.1) is 11.3 Å². The van der Waals surface area contributed by atoms with Crippen molar-refractivity contribution in [3.05, 3.63) is 33.0 Å². The Hall–Kier alpha value is -0.310. The number of halogens is 1. The fraction of sp³-hybridized carbons (Fsp3) is 0.455. The average molecular weight is 229 g/mol. The minimum Gasteiger partial charge on any atom is -0.389 e. The molecule has 1 N–H and O–H groups in total. The van der Waals surface area contributed by atoms with E-state index < -0.39 is 0 Å². The van der Waals surface area contributed by atoms with E-state index in [1.54, 1.807) is 11.3 Å². The highest BCUT2D eigenvalue weighted by Crippen LogP contribution is 2.27. The highest BCUT2D eigenvalue weighted by atomic mass is 35.5. The molecule has 1 aliphatic rings. The summed E-state index contributed by atoms with van der Waals surface area (Å²) < 4.78 is 0.844. The molecule has 1 aromatic heterocycles. The second-order valence-electron chi connectivity index (χ2n) is 3.67. The first-order chi connectivity index (χ1) is 6.74. The van der Waals surface area contributed by atoms with Crippen LogP contribution in [0.3, 0.4) is 0 Å². The number of hydrogen-bond acceptors (Lipinski definition) is 2. The largest absolute Gasteiger partial charge is 0.389 e. The highest BCUT2D eigenvalue weighted by molar-refractivity contribution is 7.16. The van der Waals surface area contributed by atoms with Crippen molar-refractivity contribution in [1.82, 2.24) is 0 Å². The van der Waals surface area contributed by atoms with Crippen molar-refractivity contribution in [2.24, 2.45) is 0 Å². The molecule has 0 spiro atoms. The Bertz CT molecular complexity index is 343. The smallest absolute Gasteiger partial charge is 0.0931 e. The SMILES string of the molecule is OC1C=C(Cc2ccc(Cl)s2)CCC1. The van der Waals surface area contributed by atoms with Gasteiger partial charge in [0.1, 0.15) is 0 Å². The van der Waals surface area contributed by atoms with Crippen LogP contribution in [0.4, 0.5) is 0 Å². The Morgan fingerprint density at radius 2 is 2.36 bits per heavy atom. The Morgan fingerprint density at radius 1 is 1.50 bits per heavy atom. The molecule has 0 saturated heterocycles. The van der Waals surface area contributed by atoms with Gasteiger partial charge >= 0.3 is 0 Å². The van der Waals surface area contributed by atoms with Gasteiger partial charge in [-0.3, -0.25) is 0 Å². The number of rotatable bonds is 2. The van der Waals surface area contributed by atoms with Crippen molar-refractivity contribution in [1.29, 1.82) is 0 Å². The molecule has 1 atom stereocenters. The predicted octanol–water partition coefficient (Wildman–Crippen LogP) is 3.42. The molecular weight excluding hydrogens is 216 g/mol. The Morgan fingerprint density at radius 3 is 3.00 bits per heavy atom. The standard InChI is InChI=1S/C11H13ClOS/c12-11-5-4-10(14-11)7-8-2-1-3-9(13)6-8/h4-6,9,13H,1-3,7H2. The monoisotopic (exact) mass is 228 g/mol. The van der Waals surface area contributed by atoms with E-state index in [9.17, 15) is 5.11 Å². The van der Waals surface area contributed by atoms with Gasteiger partial charge in [0, 0.05) is 11.3 Å². The molecule has 0 fully saturated rings. The van der Waals surface area contributed by atoms with Crippen LogP contribution in [0, 0.1) is 0 Å². The third kappa shape index (κ3) is 2.59. The second-order valence-corrected chi connectivity index (χ2v) is 5.47. The average Bonchev–Trinajstić information content (AvgIpc) is 2.51. The second kappa shape index (κ2) is 4.47. The molecule has 0 aliphatic heterocycles. The van der Waals surface area contributed by atoms with Gasteiger partial charge in [-0.1, -0.05) is 23.3 Å². The molecule has 1 heterocycles. The van der Waals surface area contributed by atoms with Crippen molar-refractivity contribution in [3.8, 4) is 0 Å². The Balaban J connectivity index is 2.03. The molecule has 0 radical (unpaired) electrons. The molecule has 1 nitrogen and oxygen atoms in total. The molecule has 0 amide bonds. The van der Waals surface area contributed by atoms with E-state index in [2.05, 4.69) is 6.07 Å². The lowest BCUT2D eigenvalue weighted by Gasteiger charge is -2.16. The van der Waals surface area contributed by atoms with E-state index in [0.717, 1.165) is 30.0 Å². The van der Waals surface area contributed by atoms with Crippen LogP contribution < -0.4 is 0 Å². The van der Waals surface area contributed by atoms with Crippen LogP contribution >= 0.6 is 22.9 Å². The minimum atomic E-state index is -0.228. The van der Waals surface area contributed by atoms with E-state index in [0.29, 0.717) is 0 Å². The van der Waals surface area contributed by atoms with Crippen LogP contribution in [0.15, 0.2) is 23.8 Å². The maximum absolute atomic E-state index is 9.46. The number of aliphatic hydroxyl groups is 1. The molecule has 3 heteroatoms. The first-order valence-electron chi connectivity index (χ1n) is 4.86. The van der Waals surface area contributed by atoms with Gasteiger partial charge in [-0.2, -0.15) is 0 Å². The fourth-order valence-electron chi connectivity index (χ4n) is 1.79. The Labute approximate surface area is 93.0 Å². The van der Waals surface area contributed by atoms with E-state index in [1.807, 2.05) is 12.1 Å².